The first-order valence-corrected chi connectivity index (χ1v) is 4.15. The molecule has 2 N–H and O–H groups in total. The van der Waals surface area contributed by atoms with Gasteiger partial charge in [0.15, 0.2) is 0 Å². The van der Waals surface area contributed by atoms with Crippen LogP contribution in [-0.2, 0) is 6.54 Å². The fraction of sp³-hybridized carbons (Fsp3) is 0.444. The molecule has 1 atom stereocenters. The summed E-state index contributed by atoms with van der Waals surface area (Å²) in [6.45, 7) is 2.62. The third kappa shape index (κ3) is 2.20. The average molecular weight is 166 g/mol. The van der Waals surface area contributed by atoms with E-state index < -0.39 is 0 Å². The largest absolute Gasteiger partial charge is 0.326 e. The number of rotatable bonds is 3. The molecule has 3 heteroatoms. The molecular formula is C9H14N2O. The van der Waals surface area contributed by atoms with Crippen molar-refractivity contribution in [3.05, 3.63) is 34.7 Å². The smallest absolute Gasteiger partial charge is 0.250 e. The number of pyridine rings is 1. The first-order valence-electron chi connectivity index (χ1n) is 4.15. The number of hydrogen-bond acceptors (Lipinski definition) is 2. The number of hydrogen-bond donors (Lipinski definition) is 1. The van der Waals surface area contributed by atoms with Crippen LogP contribution in [0.25, 0.3) is 0 Å². The predicted octanol–water partition coefficient (Wildman–Crippen LogP) is 0.586. The third-order valence-corrected chi connectivity index (χ3v) is 1.85. The summed E-state index contributed by atoms with van der Waals surface area (Å²) in [5, 5.41) is 0. The fourth-order valence-corrected chi connectivity index (χ4v) is 0.993. The Morgan fingerprint density at radius 3 is 2.92 bits per heavy atom. The van der Waals surface area contributed by atoms with Gasteiger partial charge in [0.25, 0.3) is 5.56 Å². The van der Waals surface area contributed by atoms with Crippen molar-refractivity contribution in [3.8, 4) is 0 Å². The van der Waals surface area contributed by atoms with Crippen molar-refractivity contribution in [1.82, 2.24) is 4.57 Å². The van der Waals surface area contributed by atoms with Crippen molar-refractivity contribution in [2.45, 2.75) is 25.9 Å². The summed E-state index contributed by atoms with van der Waals surface area (Å²) in [5.41, 5.74) is 5.73. The van der Waals surface area contributed by atoms with Crippen molar-refractivity contribution in [2.24, 2.45) is 5.73 Å². The van der Waals surface area contributed by atoms with Gasteiger partial charge >= 0.3 is 0 Å². The molecule has 1 aromatic rings. The molecule has 0 aliphatic carbocycles. The highest BCUT2D eigenvalue weighted by molar-refractivity contribution is 4.93. The number of nitrogens with two attached hydrogens (primary N) is 1. The Balaban J connectivity index is 2.76. The maximum Gasteiger partial charge on any atom is 0.250 e. The second-order valence-electron chi connectivity index (χ2n) is 2.86. The van der Waals surface area contributed by atoms with Gasteiger partial charge in [-0.25, -0.2) is 0 Å². The Bertz CT molecular complexity index is 293. The van der Waals surface area contributed by atoms with Crippen LogP contribution in [-0.4, -0.2) is 10.6 Å². The van der Waals surface area contributed by atoms with E-state index in [1.54, 1.807) is 22.9 Å². The quantitative estimate of drug-likeness (QED) is 0.714. The van der Waals surface area contributed by atoms with E-state index in [0.29, 0.717) is 6.54 Å². The molecule has 1 rings (SSSR count). The van der Waals surface area contributed by atoms with Gasteiger partial charge in [-0.3, -0.25) is 4.79 Å². The topological polar surface area (TPSA) is 48.0 Å². The number of aromatic nitrogens is 1. The van der Waals surface area contributed by atoms with E-state index in [0.717, 1.165) is 6.42 Å². The molecule has 1 heterocycles. The SMILES string of the molecule is CCC(N)Cn1ccccc1=O. The van der Waals surface area contributed by atoms with Crippen molar-refractivity contribution >= 4 is 0 Å². The second-order valence-corrected chi connectivity index (χ2v) is 2.86. The summed E-state index contributed by atoms with van der Waals surface area (Å²) in [5.74, 6) is 0. The van der Waals surface area contributed by atoms with Gasteiger partial charge in [-0.15, -0.1) is 0 Å². The summed E-state index contributed by atoms with van der Waals surface area (Å²) in [6, 6.07) is 5.19. The fourth-order valence-electron chi connectivity index (χ4n) is 0.993. The van der Waals surface area contributed by atoms with Gasteiger partial charge in [-0.05, 0) is 12.5 Å². The van der Waals surface area contributed by atoms with E-state index in [1.807, 2.05) is 13.0 Å². The van der Waals surface area contributed by atoms with Gasteiger partial charge in [-0.1, -0.05) is 13.0 Å². The van der Waals surface area contributed by atoms with Crippen molar-refractivity contribution in [3.63, 3.8) is 0 Å². The normalized spacial score (nSPS) is 12.8. The second kappa shape index (κ2) is 4.07. The van der Waals surface area contributed by atoms with Crippen LogP contribution in [0.2, 0.25) is 0 Å². The van der Waals surface area contributed by atoms with Crippen LogP contribution >= 0.6 is 0 Å². The molecule has 0 spiro atoms. The first-order chi connectivity index (χ1) is 5.74. The highest BCUT2D eigenvalue weighted by atomic mass is 16.1. The number of nitrogens with zero attached hydrogens (tertiary/aromatic N) is 1. The summed E-state index contributed by atoms with van der Waals surface area (Å²) in [7, 11) is 0. The molecule has 12 heavy (non-hydrogen) atoms. The lowest BCUT2D eigenvalue weighted by molar-refractivity contribution is 0.527. The highest BCUT2D eigenvalue weighted by Crippen LogP contribution is 1.90. The van der Waals surface area contributed by atoms with Crippen LogP contribution in [0.1, 0.15) is 13.3 Å². The Hall–Kier alpha value is -1.09. The van der Waals surface area contributed by atoms with Gasteiger partial charge < -0.3 is 10.3 Å². The molecule has 0 saturated carbocycles. The molecule has 66 valence electrons. The van der Waals surface area contributed by atoms with Gasteiger partial charge in [-0.2, -0.15) is 0 Å². The van der Waals surface area contributed by atoms with E-state index in [9.17, 15) is 4.79 Å². The van der Waals surface area contributed by atoms with Crippen LogP contribution in [0.5, 0.6) is 0 Å². The molecule has 0 aliphatic heterocycles. The zero-order valence-electron chi connectivity index (χ0n) is 7.23. The minimum atomic E-state index is 0.0152. The van der Waals surface area contributed by atoms with E-state index in [-0.39, 0.29) is 11.6 Å². The Morgan fingerprint density at radius 1 is 1.58 bits per heavy atom. The van der Waals surface area contributed by atoms with Crippen LogP contribution in [0.15, 0.2) is 29.2 Å². The average Bonchev–Trinajstić information content (AvgIpc) is 2.09. The summed E-state index contributed by atoms with van der Waals surface area (Å²) >= 11 is 0. The van der Waals surface area contributed by atoms with E-state index >= 15 is 0 Å². The van der Waals surface area contributed by atoms with Gasteiger partial charge in [0.1, 0.15) is 0 Å². The molecular weight excluding hydrogens is 152 g/mol. The van der Waals surface area contributed by atoms with E-state index in [4.69, 9.17) is 5.73 Å². The summed E-state index contributed by atoms with van der Waals surface area (Å²) < 4.78 is 1.63. The predicted molar refractivity (Wildman–Crippen MR) is 49.0 cm³/mol. The van der Waals surface area contributed by atoms with Gasteiger partial charge in [0, 0.05) is 24.8 Å². The van der Waals surface area contributed by atoms with Crippen LogP contribution < -0.4 is 11.3 Å². The Kier molecular flexibility index (Phi) is 3.05. The lowest BCUT2D eigenvalue weighted by atomic mass is 10.2. The monoisotopic (exact) mass is 166 g/mol. The van der Waals surface area contributed by atoms with E-state index in [1.165, 1.54) is 0 Å². The lowest BCUT2D eigenvalue weighted by Crippen LogP contribution is -2.30. The van der Waals surface area contributed by atoms with Gasteiger partial charge in [0.2, 0.25) is 0 Å². The third-order valence-electron chi connectivity index (χ3n) is 1.85. The van der Waals surface area contributed by atoms with Crippen molar-refractivity contribution in [2.75, 3.05) is 0 Å². The maximum absolute atomic E-state index is 11.2. The van der Waals surface area contributed by atoms with Crippen LogP contribution in [0.3, 0.4) is 0 Å². The first kappa shape index (κ1) is 9.00. The van der Waals surface area contributed by atoms with Crippen molar-refractivity contribution < 1.29 is 0 Å². The van der Waals surface area contributed by atoms with Crippen LogP contribution in [0.4, 0.5) is 0 Å². The molecule has 0 radical (unpaired) electrons. The minimum Gasteiger partial charge on any atom is -0.326 e. The molecule has 0 aromatic carbocycles. The Morgan fingerprint density at radius 2 is 2.33 bits per heavy atom. The zero-order valence-corrected chi connectivity index (χ0v) is 7.23. The molecule has 0 bridgehead atoms. The standard InChI is InChI=1S/C9H14N2O/c1-2-8(10)7-11-6-4-3-5-9(11)12/h3-6,8H,2,7,10H2,1H3. The maximum atomic E-state index is 11.2. The van der Waals surface area contributed by atoms with E-state index in [2.05, 4.69) is 0 Å². The lowest BCUT2D eigenvalue weighted by Gasteiger charge is -2.10. The molecule has 0 saturated heterocycles. The Labute approximate surface area is 71.8 Å². The summed E-state index contributed by atoms with van der Waals surface area (Å²) in [6.07, 6.45) is 2.65. The molecule has 0 aliphatic rings. The summed E-state index contributed by atoms with van der Waals surface area (Å²) in [4.78, 5) is 11.2. The molecule has 3 nitrogen and oxygen atoms in total. The molecule has 0 amide bonds. The molecule has 1 unspecified atom stereocenters. The van der Waals surface area contributed by atoms with Crippen LogP contribution in [0, 0.1) is 0 Å². The molecule has 0 fully saturated rings. The van der Waals surface area contributed by atoms with Crippen molar-refractivity contribution in [1.29, 1.82) is 0 Å². The highest BCUT2D eigenvalue weighted by Gasteiger charge is 2.00. The minimum absolute atomic E-state index is 0.0152. The zero-order chi connectivity index (χ0) is 8.97. The molecule has 1 aromatic heterocycles. The van der Waals surface area contributed by atoms with Gasteiger partial charge in [0.05, 0.1) is 0 Å².